The average molecular weight is 572 g/mol. The van der Waals surface area contributed by atoms with Gasteiger partial charge in [0.1, 0.15) is 4.90 Å². The molecule has 1 aromatic carbocycles. The summed E-state index contributed by atoms with van der Waals surface area (Å²) >= 11 is 3.43. The van der Waals surface area contributed by atoms with Crippen LogP contribution in [-0.2, 0) is 16.6 Å². The Balaban J connectivity index is 1.74. The normalized spacial score (nSPS) is 12.1. The highest BCUT2D eigenvalue weighted by molar-refractivity contribution is 9.10. The Morgan fingerprint density at radius 1 is 1.19 bits per heavy atom. The third-order valence-electron chi connectivity index (χ3n) is 5.48. The lowest BCUT2D eigenvalue weighted by Gasteiger charge is -2.24. The van der Waals surface area contributed by atoms with Crippen LogP contribution in [-0.4, -0.2) is 52.2 Å². The molecule has 0 atom stereocenters. The second-order valence-electron chi connectivity index (χ2n) is 7.94. The highest BCUT2D eigenvalue weighted by atomic mass is 79.9. The van der Waals surface area contributed by atoms with Gasteiger partial charge in [-0.2, -0.15) is 23.0 Å². The number of benzene rings is 1. The van der Waals surface area contributed by atoms with Crippen LogP contribution in [0.4, 0.5) is 11.4 Å². The maximum atomic E-state index is 13.6. The van der Waals surface area contributed by atoms with Gasteiger partial charge in [0.25, 0.3) is 15.7 Å². The van der Waals surface area contributed by atoms with Crippen molar-refractivity contribution >= 4 is 48.6 Å². The number of non-ortho nitro benzene ring substituents is 1. The Kier molecular flexibility index (Phi) is 7.04. The summed E-state index contributed by atoms with van der Waals surface area (Å²) in [5.74, 6) is 0. The molecule has 186 valence electrons. The predicted octanol–water partition coefficient (Wildman–Crippen LogP) is 4.08. The fourth-order valence-electron chi connectivity index (χ4n) is 3.65. The molecule has 11 nitrogen and oxygen atoms in total. The number of sulfonamides is 1. The largest absolute Gasteiger partial charge is 0.368 e. The summed E-state index contributed by atoms with van der Waals surface area (Å²) < 4.78 is 30.6. The van der Waals surface area contributed by atoms with Crippen LogP contribution in [0.5, 0.6) is 0 Å². The van der Waals surface area contributed by atoms with Gasteiger partial charge in [-0.05, 0) is 37.3 Å². The van der Waals surface area contributed by atoms with Crippen molar-refractivity contribution in [2.45, 2.75) is 18.4 Å². The third-order valence-corrected chi connectivity index (χ3v) is 7.63. The summed E-state index contributed by atoms with van der Waals surface area (Å²) in [5.41, 5.74) is 2.44. The number of aromatic nitrogens is 3. The predicted molar refractivity (Wildman–Crippen MR) is 139 cm³/mol. The number of nitro groups is 1. The van der Waals surface area contributed by atoms with E-state index in [1.807, 2.05) is 24.3 Å². The summed E-state index contributed by atoms with van der Waals surface area (Å²) in [4.78, 5) is 16.5. The summed E-state index contributed by atoms with van der Waals surface area (Å²) in [5, 5.41) is 20.0. The quantitative estimate of drug-likeness (QED) is 0.177. The van der Waals surface area contributed by atoms with Crippen molar-refractivity contribution in [3.8, 4) is 0 Å². The zero-order valence-corrected chi connectivity index (χ0v) is 22.0. The van der Waals surface area contributed by atoms with E-state index in [4.69, 9.17) is 0 Å². The van der Waals surface area contributed by atoms with Gasteiger partial charge in [0.05, 0.1) is 40.3 Å². The monoisotopic (exact) mass is 571 g/mol. The molecule has 0 N–H and O–H groups in total. The molecule has 4 aromatic rings. The number of nitro benzene ring substituents is 1. The van der Waals surface area contributed by atoms with E-state index in [2.05, 4.69) is 31.1 Å². The molecule has 0 amide bonds. The maximum absolute atomic E-state index is 13.6. The van der Waals surface area contributed by atoms with Crippen LogP contribution in [0.25, 0.3) is 5.52 Å². The lowest BCUT2D eigenvalue weighted by Crippen LogP contribution is -2.27. The van der Waals surface area contributed by atoms with Gasteiger partial charge in [-0.3, -0.25) is 15.1 Å². The molecule has 3 aromatic heterocycles. The zero-order valence-electron chi connectivity index (χ0n) is 19.6. The number of fused-ring (bicyclic) bond motifs is 1. The molecule has 0 radical (unpaired) electrons. The van der Waals surface area contributed by atoms with Crippen LogP contribution in [0.3, 0.4) is 0 Å². The minimum Gasteiger partial charge on any atom is -0.368 e. The number of hydrogen-bond acceptors (Lipinski definition) is 8. The van der Waals surface area contributed by atoms with Crippen molar-refractivity contribution in [2.24, 2.45) is 5.10 Å². The zero-order chi connectivity index (χ0) is 26.0. The molecule has 0 bridgehead atoms. The minimum atomic E-state index is -4.27. The average Bonchev–Trinajstić information content (AvgIpc) is 3.27. The van der Waals surface area contributed by atoms with E-state index < -0.39 is 14.9 Å². The Morgan fingerprint density at radius 3 is 2.67 bits per heavy atom. The van der Waals surface area contributed by atoms with Crippen LogP contribution in [0.2, 0.25) is 0 Å². The van der Waals surface area contributed by atoms with Crippen molar-refractivity contribution in [2.75, 3.05) is 19.0 Å². The van der Waals surface area contributed by atoms with Gasteiger partial charge < -0.3 is 4.90 Å². The number of rotatable bonds is 8. The molecular weight excluding hydrogens is 550 g/mol. The lowest BCUT2D eigenvalue weighted by atomic mass is 10.2. The highest BCUT2D eigenvalue weighted by Crippen LogP contribution is 2.32. The number of nitrogens with zero attached hydrogens (tertiary/aromatic N) is 7. The number of pyridine rings is 2. The molecule has 0 aliphatic rings. The molecule has 4 rings (SSSR count). The van der Waals surface area contributed by atoms with Crippen molar-refractivity contribution in [3.05, 3.63) is 93.0 Å². The van der Waals surface area contributed by atoms with Gasteiger partial charge >= 0.3 is 0 Å². The topological polar surface area (TPSA) is 126 Å². The SMILES string of the molecule is C/C(=N/N(C)S(=O)(=O)c1cc([N+](=O)[O-])ccc1N(C)Cc1ccccn1)c1cnn2ccc(Br)cc12. The van der Waals surface area contributed by atoms with E-state index in [1.165, 1.54) is 19.2 Å². The lowest BCUT2D eigenvalue weighted by molar-refractivity contribution is -0.385. The third kappa shape index (κ3) is 5.06. The van der Waals surface area contributed by atoms with Crippen molar-refractivity contribution in [1.82, 2.24) is 19.0 Å². The molecule has 0 saturated carbocycles. The van der Waals surface area contributed by atoms with Crippen LogP contribution in [0.1, 0.15) is 18.2 Å². The Bertz CT molecular complexity index is 1570. The second-order valence-corrected chi connectivity index (χ2v) is 10.8. The molecule has 3 heterocycles. The second kappa shape index (κ2) is 10.0. The number of anilines is 1. The number of hydrazone groups is 1. The number of halogens is 1. The molecule has 13 heteroatoms. The smallest absolute Gasteiger partial charge is 0.281 e. The number of hydrogen-bond donors (Lipinski definition) is 0. The van der Waals surface area contributed by atoms with Crippen molar-refractivity contribution < 1.29 is 13.3 Å². The Morgan fingerprint density at radius 2 is 1.97 bits per heavy atom. The fourth-order valence-corrected chi connectivity index (χ4v) is 5.26. The van der Waals surface area contributed by atoms with Crippen LogP contribution in [0.15, 0.2) is 81.6 Å². The Labute approximate surface area is 216 Å². The van der Waals surface area contributed by atoms with Gasteiger partial charge in [0.2, 0.25) is 0 Å². The molecule has 0 saturated heterocycles. The van der Waals surface area contributed by atoms with E-state index >= 15 is 0 Å². The van der Waals surface area contributed by atoms with Crippen LogP contribution in [0, 0.1) is 10.1 Å². The summed E-state index contributed by atoms with van der Waals surface area (Å²) in [6.45, 7) is 1.97. The molecule has 0 aliphatic heterocycles. The first kappa shape index (κ1) is 25.3. The van der Waals surface area contributed by atoms with Crippen LogP contribution >= 0.6 is 15.9 Å². The van der Waals surface area contributed by atoms with Crippen molar-refractivity contribution in [3.63, 3.8) is 0 Å². The minimum absolute atomic E-state index is 0.239. The van der Waals surface area contributed by atoms with E-state index in [0.29, 0.717) is 23.5 Å². The van der Waals surface area contributed by atoms with Gasteiger partial charge in [0, 0.05) is 48.7 Å². The molecule has 0 spiro atoms. The maximum Gasteiger partial charge on any atom is 0.281 e. The molecule has 0 aliphatic carbocycles. The fraction of sp³-hybridized carbons (Fsp3) is 0.174. The van der Waals surface area contributed by atoms with Gasteiger partial charge in [0.15, 0.2) is 0 Å². The van der Waals surface area contributed by atoms with Gasteiger partial charge in [-0.15, -0.1) is 0 Å². The molecule has 0 unspecified atom stereocenters. The van der Waals surface area contributed by atoms with Crippen molar-refractivity contribution in [1.29, 1.82) is 0 Å². The van der Waals surface area contributed by atoms with E-state index in [9.17, 15) is 18.5 Å². The molecular formula is C23H22BrN7O4S. The van der Waals surface area contributed by atoms with E-state index in [-0.39, 0.29) is 16.3 Å². The molecule has 36 heavy (non-hydrogen) atoms. The first-order chi connectivity index (χ1) is 17.1. The standard InChI is InChI=1S/C23H22BrN7O4S/c1-16(20-14-26-30-11-9-17(24)12-22(20)30)27-29(3)36(34,35)23-13-19(31(32)33)7-8-21(23)28(2)15-18-6-4-5-10-25-18/h4-14H,15H2,1-3H3/b27-16-. The Hall–Kier alpha value is -3.84. The highest BCUT2D eigenvalue weighted by Gasteiger charge is 2.28. The first-order valence-corrected chi connectivity index (χ1v) is 12.9. The molecule has 0 fully saturated rings. The van der Waals surface area contributed by atoms with Gasteiger partial charge in [-0.25, -0.2) is 4.52 Å². The summed E-state index contributed by atoms with van der Waals surface area (Å²) in [6, 6.07) is 12.8. The van der Waals surface area contributed by atoms with Gasteiger partial charge in [-0.1, -0.05) is 22.0 Å². The van der Waals surface area contributed by atoms with E-state index in [1.54, 1.807) is 48.0 Å². The summed E-state index contributed by atoms with van der Waals surface area (Å²) in [6.07, 6.45) is 5.00. The summed E-state index contributed by atoms with van der Waals surface area (Å²) in [7, 11) is -1.28. The first-order valence-electron chi connectivity index (χ1n) is 10.6. The van der Waals surface area contributed by atoms with E-state index in [0.717, 1.165) is 20.5 Å². The van der Waals surface area contributed by atoms with Crippen LogP contribution < -0.4 is 4.90 Å².